The molecule has 0 aromatic rings. The molecule has 0 unspecified atom stereocenters. The van der Waals surface area contributed by atoms with E-state index in [-0.39, 0.29) is 43.2 Å². The Labute approximate surface area is 201 Å². The molecule has 0 aromatic heterocycles. The molecule has 0 bridgehead atoms. The van der Waals surface area contributed by atoms with E-state index >= 15 is 0 Å². The van der Waals surface area contributed by atoms with E-state index < -0.39 is 51.4 Å². The molecular weight excluding hydrogens is 436 g/mol. The summed E-state index contributed by atoms with van der Waals surface area (Å²) >= 11 is 0. The third-order valence-electron chi connectivity index (χ3n) is 10.9. The van der Waals surface area contributed by atoms with Gasteiger partial charge in [-0.15, -0.1) is 0 Å². The second-order valence-electron chi connectivity index (χ2n) is 13.0. The van der Waals surface area contributed by atoms with E-state index in [0.29, 0.717) is 30.4 Å². The first kappa shape index (κ1) is 25.5. The largest absolute Gasteiger partial charge is 0.481 e. The smallest absolute Gasteiger partial charge is 0.303 e. The van der Waals surface area contributed by atoms with Crippen LogP contribution in [0.15, 0.2) is 11.1 Å². The molecule has 190 valence electrons. The molecule has 0 heterocycles. The maximum Gasteiger partial charge on any atom is 0.303 e. The Morgan fingerprint density at radius 1 is 1.12 bits per heavy atom. The van der Waals surface area contributed by atoms with Crippen LogP contribution < -0.4 is 0 Å². The molecule has 7 heteroatoms. The van der Waals surface area contributed by atoms with Gasteiger partial charge in [0.05, 0.1) is 23.2 Å². The molecule has 8 atom stereocenters. The first-order valence-corrected chi connectivity index (χ1v) is 12.6. The minimum atomic E-state index is -1.44. The lowest BCUT2D eigenvalue weighted by Crippen LogP contribution is -2.61. The molecule has 4 aliphatic rings. The first-order valence-electron chi connectivity index (χ1n) is 12.6. The number of rotatable bonds is 4. The van der Waals surface area contributed by atoms with Gasteiger partial charge in [0, 0.05) is 30.8 Å². The Kier molecular flexibility index (Phi) is 5.61. The van der Waals surface area contributed by atoms with Gasteiger partial charge in [-0.05, 0) is 67.3 Å². The van der Waals surface area contributed by atoms with Crippen molar-refractivity contribution in [1.29, 1.82) is 0 Å². The molecule has 0 spiro atoms. The summed E-state index contributed by atoms with van der Waals surface area (Å²) in [6.45, 7) is 11.3. The van der Waals surface area contributed by atoms with E-state index in [9.17, 15) is 29.7 Å². The fourth-order valence-corrected chi connectivity index (χ4v) is 8.67. The summed E-state index contributed by atoms with van der Waals surface area (Å²) in [5.74, 6) is -1.93. The first-order chi connectivity index (χ1) is 15.4. The van der Waals surface area contributed by atoms with Gasteiger partial charge >= 0.3 is 5.97 Å². The van der Waals surface area contributed by atoms with E-state index in [2.05, 4.69) is 6.92 Å². The SMILES string of the molecule is CC1(C)[C@@H](O)CC[C@]2(C)C3=C([C@@H](O)C[C@@H]12)[C@]1(C)C(=O)C[C@H]([C@@](C)(O)CCC(=O)O)[C@@]1(C)CC3=O. The quantitative estimate of drug-likeness (QED) is 0.490. The van der Waals surface area contributed by atoms with Crippen molar-refractivity contribution in [2.24, 2.45) is 33.5 Å². The van der Waals surface area contributed by atoms with Crippen LogP contribution >= 0.6 is 0 Å². The monoisotopic (exact) mass is 476 g/mol. The number of hydrogen-bond donors (Lipinski definition) is 4. The standard InChI is InChI=1S/C27H40O7/c1-23(2)16-11-14(28)22-21(24(16,3)9-7-18(23)30)15(29)13-25(4)17(12-19(31)27(22,25)6)26(5,34)10-8-20(32)33/h14,16-18,28,30,34H,7-13H2,1-6H3,(H,32,33)/t14-,16-,17-,18-,24-,25+,26-,27-/m0/s1. The third-order valence-corrected chi connectivity index (χ3v) is 10.9. The number of aliphatic carboxylic acids is 1. The molecule has 0 amide bonds. The number of carboxylic acids is 1. The van der Waals surface area contributed by atoms with Crippen molar-refractivity contribution in [3.05, 3.63) is 11.1 Å². The highest BCUT2D eigenvalue weighted by atomic mass is 16.4. The van der Waals surface area contributed by atoms with Crippen molar-refractivity contribution in [1.82, 2.24) is 0 Å². The zero-order valence-corrected chi connectivity index (χ0v) is 21.3. The lowest BCUT2D eigenvalue weighted by molar-refractivity contribution is -0.148. The van der Waals surface area contributed by atoms with Crippen LogP contribution in [-0.2, 0) is 14.4 Å². The van der Waals surface area contributed by atoms with Gasteiger partial charge < -0.3 is 20.4 Å². The van der Waals surface area contributed by atoms with Gasteiger partial charge in [-0.25, -0.2) is 0 Å². The fraction of sp³-hybridized carbons (Fsp3) is 0.815. The summed E-state index contributed by atoms with van der Waals surface area (Å²) in [7, 11) is 0. The lowest BCUT2D eigenvalue weighted by atomic mass is 9.42. The minimum Gasteiger partial charge on any atom is -0.481 e. The van der Waals surface area contributed by atoms with Crippen molar-refractivity contribution < 1.29 is 34.8 Å². The highest BCUT2D eigenvalue weighted by Gasteiger charge is 2.71. The number of carboxylic acid groups (broad SMARTS) is 1. The molecule has 4 N–H and O–H groups in total. The Hall–Kier alpha value is -1.57. The van der Waals surface area contributed by atoms with Gasteiger partial charge in [-0.1, -0.05) is 27.7 Å². The average molecular weight is 477 g/mol. The predicted molar refractivity (Wildman–Crippen MR) is 125 cm³/mol. The van der Waals surface area contributed by atoms with Gasteiger partial charge in [-0.2, -0.15) is 0 Å². The van der Waals surface area contributed by atoms with E-state index in [1.54, 1.807) is 6.92 Å². The number of allylic oxidation sites excluding steroid dienone is 1. The summed E-state index contributed by atoms with van der Waals surface area (Å²) in [6.07, 6.45) is -0.118. The molecule has 2 fully saturated rings. The number of fused-ring (bicyclic) bond motifs is 4. The lowest BCUT2D eigenvalue weighted by Gasteiger charge is -2.62. The number of aliphatic hydroxyl groups is 3. The molecule has 0 saturated heterocycles. The molecular formula is C27H40O7. The molecule has 34 heavy (non-hydrogen) atoms. The molecule has 0 aromatic carbocycles. The maximum atomic E-state index is 13.9. The van der Waals surface area contributed by atoms with Crippen LogP contribution in [0.2, 0.25) is 0 Å². The highest BCUT2D eigenvalue weighted by Crippen LogP contribution is 2.71. The number of hydrogen-bond acceptors (Lipinski definition) is 6. The fourth-order valence-electron chi connectivity index (χ4n) is 8.67. The number of carbonyl (C=O) groups excluding carboxylic acids is 2. The second kappa shape index (κ2) is 7.47. The summed E-state index contributed by atoms with van der Waals surface area (Å²) < 4.78 is 0. The third kappa shape index (κ3) is 3.09. The number of ketones is 2. The Morgan fingerprint density at radius 3 is 2.32 bits per heavy atom. The summed E-state index contributed by atoms with van der Waals surface area (Å²) in [5.41, 5.74) is -3.46. The van der Waals surface area contributed by atoms with Crippen molar-refractivity contribution in [3.63, 3.8) is 0 Å². The van der Waals surface area contributed by atoms with Crippen LogP contribution in [0.3, 0.4) is 0 Å². The number of carbonyl (C=O) groups is 3. The van der Waals surface area contributed by atoms with Crippen LogP contribution in [0.1, 0.15) is 86.5 Å². The Bertz CT molecular complexity index is 977. The predicted octanol–water partition coefficient (Wildman–Crippen LogP) is 3.04. The Morgan fingerprint density at radius 2 is 1.74 bits per heavy atom. The summed E-state index contributed by atoms with van der Waals surface area (Å²) in [6, 6.07) is 0. The molecule has 0 radical (unpaired) electrons. The van der Waals surface area contributed by atoms with Crippen LogP contribution in [-0.4, -0.2) is 55.8 Å². The van der Waals surface area contributed by atoms with E-state index in [1.165, 1.54) is 0 Å². The van der Waals surface area contributed by atoms with Crippen molar-refractivity contribution in [3.8, 4) is 0 Å². The molecule has 4 rings (SSSR count). The van der Waals surface area contributed by atoms with Gasteiger partial charge in [-0.3, -0.25) is 14.4 Å². The normalized spacial score (nSPS) is 45.3. The van der Waals surface area contributed by atoms with Crippen LogP contribution in [0.25, 0.3) is 0 Å². The van der Waals surface area contributed by atoms with Crippen LogP contribution in [0, 0.1) is 33.5 Å². The van der Waals surface area contributed by atoms with Gasteiger partial charge in [0.15, 0.2) is 5.78 Å². The van der Waals surface area contributed by atoms with E-state index in [1.807, 2.05) is 27.7 Å². The number of Topliss-reactive ketones (excluding diaryl/α,β-unsaturated/α-hetero) is 2. The van der Waals surface area contributed by atoms with Gasteiger partial charge in [0.2, 0.25) is 0 Å². The van der Waals surface area contributed by atoms with Crippen LogP contribution in [0.5, 0.6) is 0 Å². The average Bonchev–Trinajstić information content (AvgIpc) is 2.93. The maximum absolute atomic E-state index is 13.9. The molecule has 4 aliphatic carbocycles. The zero-order valence-electron chi connectivity index (χ0n) is 21.3. The van der Waals surface area contributed by atoms with Crippen molar-refractivity contribution >= 4 is 17.5 Å². The van der Waals surface area contributed by atoms with Gasteiger partial charge in [0.25, 0.3) is 0 Å². The van der Waals surface area contributed by atoms with E-state index in [4.69, 9.17) is 5.11 Å². The van der Waals surface area contributed by atoms with Crippen LogP contribution in [0.4, 0.5) is 0 Å². The Balaban J connectivity index is 1.87. The zero-order chi connectivity index (χ0) is 25.6. The second-order valence-corrected chi connectivity index (χ2v) is 13.0. The number of aliphatic hydroxyl groups excluding tert-OH is 2. The molecule has 7 nitrogen and oxygen atoms in total. The molecule has 2 saturated carbocycles. The van der Waals surface area contributed by atoms with Crippen molar-refractivity contribution in [2.45, 2.75) is 104 Å². The highest BCUT2D eigenvalue weighted by molar-refractivity contribution is 6.05. The summed E-state index contributed by atoms with van der Waals surface area (Å²) in [5, 5.41) is 42.8. The molecule has 0 aliphatic heterocycles. The minimum absolute atomic E-state index is 0.0134. The summed E-state index contributed by atoms with van der Waals surface area (Å²) in [4.78, 5) is 38.9. The van der Waals surface area contributed by atoms with E-state index in [0.717, 1.165) is 0 Å². The van der Waals surface area contributed by atoms with Gasteiger partial charge in [0.1, 0.15) is 5.78 Å². The topological polar surface area (TPSA) is 132 Å². The van der Waals surface area contributed by atoms with Crippen molar-refractivity contribution in [2.75, 3.05) is 0 Å².